The van der Waals surface area contributed by atoms with Crippen molar-refractivity contribution < 1.29 is 14.2 Å². The summed E-state index contributed by atoms with van der Waals surface area (Å²) < 4.78 is 20.4. The molecule has 2 aliphatic carbocycles. The highest BCUT2D eigenvalue weighted by Gasteiger charge is 2.57. The maximum atomic E-state index is 13.2. The lowest BCUT2D eigenvalue weighted by Crippen LogP contribution is -2.10. The number of fused-ring (bicyclic) bond motifs is 1. The quantitative estimate of drug-likeness (QED) is 0.854. The fourth-order valence-electron chi connectivity index (χ4n) is 4.33. The molecule has 3 N–H and O–H groups in total. The van der Waals surface area contributed by atoms with Gasteiger partial charge in [0, 0.05) is 36.3 Å². The van der Waals surface area contributed by atoms with Crippen LogP contribution >= 0.6 is 0 Å². The fraction of sp³-hybridized carbons (Fsp3) is 0.579. The van der Waals surface area contributed by atoms with Gasteiger partial charge in [-0.1, -0.05) is 0 Å². The van der Waals surface area contributed by atoms with Gasteiger partial charge >= 0.3 is 0 Å². The molecule has 6 nitrogen and oxygen atoms in total. The maximum absolute atomic E-state index is 13.2. The van der Waals surface area contributed by atoms with E-state index in [1.807, 2.05) is 0 Å². The molecule has 4 rings (SSSR count). The first-order chi connectivity index (χ1) is 12.3. The Bertz CT molecular complexity index is 808. The molecule has 26 heavy (non-hydrogen) atoms. The molecule has 0 aliphatic heterocycles. The van der Waals surface area contributed by atoms with Crippen molar-refractivity contribution in [3.8, 4) is 17.0 Å². The van der Waals surface area contributed by atoms with E-state index in [1.54, 1.807) is 12.3 Å². The number of aliphatic hydroxyl groups is 1. The molecule has 0 bridgehead atoms. The number of halogens is 1. The van der Waals surface area contributed by atoms with Crippen LogP contribution in [0.25, 0.3) is 11.3 Å². The zero-order chi connectivity index (χ0) is 18.6. The SMILES string of the molecule is CC(F)Oc1cc(-c2cc([C@@H]3[C@@H]4C[C@@H](O)C[C@@H]43)n(C(C)C)n2)cnc1N. The second kappa shape index (κ2) is 6.23. The van der Waals surface area contributed by atoms with E-state index in [0.29, 0.717) is 17.8 Å². The Hall–Kier alpha value is -2.15. The highest BCUT2D eigenvalue weighted by molar-refractivity contribution is 5.64. The molecule has 2 aromatic rings. The van der Waals surface area contributed by atoms with Crippen LogP contribution in [-0.4, -0.2) is 32.3 Å². The van der Waals surface area contributed by atoms with Gasteiger partial charge in [0.15, 0.2) is 11.6 Å². The van der Waals surface area contributed by atoms with E-state index in [9.17, 15) is 9.50 Å². The molecule has 7 heteroatoms. The summed E-state index contributed by atoms with van der Waals surface area (Å²) >= 11 is 0. The van der Waals surface area contributed by atoms with Crippen LogP contribution in [0.4, 0.5) is 10.2 Å². The van der Waals surface area contributed by atoms with E-state index >= 15 is 0 Å². The number of alkyl halides is 1. The van der Waals surface area contributed by atoms with Gasteiger partial charge in [-0.2, -0.15) is 5.10 Å². The summed E-state index contributed by atoms with van der Waals surface area (Å²) in [7, 11) is 0. The molecular weight excluding hydrogens is 335 g/mol. The number of aliphatic hydroxyl groups excluding tert-OH is 1. The van der Waals surface area contributed by atoms with Crippen LogP contribution in [0.5, 0.6) is 5.75 Å². The van der Waals surface area contributed by atoms with Crippen LogP contribution in [0, 0.1) is 11.8 Å². The molecule has 0 radical (unpaired) electrons. The number of nitrogens with zero attached hydrogens (tertiary/aromatic N) is 3. The van der Waals surface area contributed by atoms with Crippen molar-refractivity contribution >= 4 is 5.82 Å². The smallest absolute Gasteiger partial charge is 0.236 e. The van der Waals surface area contributed by atoms with Crippen LogP contribution in [0.2, 0.25) is 0 Å². The Morgan fingerprint density at radius 1 is 1.27 bits per heavy atom. The highest BCUT2D eigenvalue weighted by Crippen LogP contribution is 2.63. The average molecular weight is 360 g/mol. The van der Waals surface area contributed by atoms with E-state index < -0.39 is 6.36 Å². The third-order valence-corrected chi connectivity index (χ3v) is 5.48. The highest BCUT2D eigenvalue weighted by atomic mass is 19.1. The summed E-state index contributed by atoms with van der Waals surface area (Å²) in [4.78, 5) is 4.12. The van der Waals surface area contributed by atoms with Crippen molar-refractivity contribution in [2.75, 3.05) is 5.73 Å². The molecule has 2 heterocycles. The summed E-state index contributed by atoms with van der Waals surface area (Å²) in [6, 6.07) is 4.01. The molecule has 140 valence electrons. The van der Waals surface area contributed by atoms with E-state index in [0.717, 1.165) is 24.1 Å². The zero-order valence-electron chi connectivity index (χ0n) is 15.3. The molecular formula is C19H25FN4O2. The van der Waals surface area contributed by atoms with Gasteiger partial charge in [-0.25, -0.2) is 9.37 Å². The van der Waals surface area contributed by atoms with E-state index in [2.05, 4.69) is 29.6 Å². The van der Waals surface area contributed by atoms with Crippen LogP contribution in [-0.2, 0) is 0 Å². The molecule has 0 amide bonds. The Morgan fingerprint density at radius 3 is 2.58 bits per heavy atom. The first-order valence-corrected chi connectivity index (χ1v) is 9.19. The first kappa shape index (κ1) is 17.3. The largest absolute Gasteiger partial charge is 0.457 e. The Morgan fingerprint density at radius 2 is 1.96 bits per heavy atom. The van der Waals surface area contributed by atoms with Gasteiger partial charge in [-0.3, -0.25) is 4.68 Å². The molecule has 2 saturated carbocycles. The van der Waals surface area contributed by atoms with Gasteiger partial charge in [0.25, 0.3) is 0 Å². The minimum absolute atomic E-state index is 0.153. The fourth-order valence-corrected chi connectivity index (χ4v) is 4.33. The Kier molecular flexibility index (Phi) is 4.14. The van der Waals surface area contributed by atoms with Crippen LogP contribution < -0.4 is 10.5 Å². The normalized spacial score (nSPS) is 28.2. The van der Waals surface area contributed by atoms with Crippen molar-refractivity contribution in [3.63, 3.8) is 0 Å². The third kappa shape index (κ3) is 2.94. The zero-order valence-corrected chi connectivity index (χ0v) is 15.3. The van der Waals surface area contributed by atoms with Crippen molar-refractivity contribution in [2.45, 2.75) is 58.0 Å². The number of nitrogens with two attached hydrogens (primary N) is 1. The van der Waals surface area contributed by atoms with E-state index in [4.69, 9.17) is 15.6 Å². The molecule has 1 unspecified atom stereocenters. The summed E-state index contributed by atoms with van der Waals surface area (Å²) in [5.74, 6) is 1.97. The number of nitrogen functional groups attached to an aromatic ring is 1. The molecule has 0 aromatic carbocycles. The summed E-state index contributed by atoms with van der Waals surface area (Å²) in [5, 5.41) is 14.6. The van der Waals surface area contributed by atoms with Gasteiger partial charge in [-0.15, -0.1) is 0 Å². The second-order valence-corrected chi connectivity index (χ2v) is 7.74. The lowest BCUT2D eigenvalue weighted by Gasteiger charge is -2.13. The molecule has 2 aromatic heterocycles. The third-order valence-electron chi connectivity index (χ3n) is 5.48. The van der Waals surface area contributed by atoms with Crippen molar-refractivity contribution in [3.05, 3.63) is 24.0 Å². The molecule has 2 aliphatic rings. The summed E-state index contributed by atoms with van der Waals surface area (Å²) in [6.45, 7) is 5.51. The van der Waals surface area contributed by atoms with Crippen molar-refractivity contribution in [2.24, 2.45) is 11.8 Å². The number of hydrogen-bond donors (Lipinski definition) is 2. The number of aromatic nitrogens is 3. The monoisotopic (exact) mass is 360 g/mol. The van der Waals surface area contributed by atoms with Gasteiger partial charge in [-0.05, 0) is 50.7 Å². The average Bonchev–Trinajstić information content (AvgIpc) is 2.94. The minimum Gasteiger partial charge on any atom is -0.457 e. The second-order valence-electron chi connectivity index (χ2n) is 7.74. The minimum atomic E-state index is -1.46. The topological polar surface area (TPSA) is 86.2 Å². The number of pyridine rings is 1. The molecule has 0 spiro atoms. The van der Waals surface area contributed by atoms with Crippen molar-refractivity contribution in [1.82, 2.24) is 14.8 Å². The maximum Gasteiger partial charge on any atom is 0.236 e. The van der Waals surface area contributed by atoms with Crippen molar-refractivity contribution in [1.29, 1.82) is 0 Å². The Labute approximate surface area is 152 Å². The molecule has 0 saturated heterocycles. The summed E-state index contributed by atoms with van der Waals surface area (Å²) in [5.41, 5.74) is 8.52. The molecule has 2 fully saturated rings. The number of anilines is 1. The van der Waals surface area contributed by atoms with Gasteiger partial charge in [0.2, 0.25) is 6.36 Å². The van der Waals surface area contributed by atoms with Gasteiger partial charge in [0.1, 0.15) is 0 Å². The summed E-state index contributed by atoms with van der Waals surface area (Å²) in [6.07, 6.45) is 1.78. The van der Waals surface area contributed by atoms with Gasteiger partial charge < -0.3 is 15.6 Å². The lowest BCUT2D eigenvalue weighted by atomic mass is 10.1. The number of hydrogen-bond acceptors (Lipinski definition) is 5. The van der Waals surface area contributed by atoms with E-state index in [1.165, 1.54) is 12.6 Å². The molecule has 5 atom stereocenters. The number of rotatable bonds is 5. The first-order valence-electron chi connectivity index (χ1n) is 9.19. The lowest BCUT2D eigenvalue weighted by molar-refractivity contribution is 0.0866. The predicted octanol–water partition coefficient (Wildman–Crippen LogP) is 3.29. The Balaban J connectivity index is 1.67. The standard InChI is InChI=1S/C19H25FN4O2/c1-9(2)24-16(18-13-5-12(25)6-14(13)18)7-15(23-24)11-4-17(26-10(3)20)19(21)22-8-11/h4,7-10,12-14,18,25H,5-6H2,1-3H3,(H2,21,22)/t10?,12-,13-,14+,18-. The number of ether oxygens (including phenoxy) is 1. The van der Waals surface area contributed by atoms with Crippen LogP contribution in [0.15, 0.2) is 18.3 Å². The van der Waals surface area contributed by atoms with Crippen LogP contribution in [0.3, 0.4) is 0 Å². The van der Waals surface area contributed by atoms with E-state index in [-0.39, 0.29) is 23.7 Å². The van der Waals surface area contributed by atoms with Gasteiger partial charge in [0.05, 0.1) is 11.8 Å². The predicted molar refractivity (Wildman–Crippen MR) is 96.4 cm³/mol. The van der Waals surface area contributed by atoms with Crippen LogP contribution in [0.1, 0.15) is 51.3 Å².